The zero-order valence-corrected chi connectivity index (χ0v) is 16.6. The van der Waals surface area contributed by atoms with E-state index in [1.165, 1.54) is 6.07 Å². The second-order valence-electron chi connectivity index (χ2n) is 7.72. The number of hydrogen-bond donors (Lipinski definition) is 2. The van der Waals surface area contributed by atoms with E-state index in [-0.39, 0.29) is 12.5 Å². The molecule has 0 saturated heterocycles. The molecule has 0 bridgehead atoms. The Kier molecular flexibility index (Phi) is 6.49. The fraction of sp³-hybridized carbons (Fsp3) is 0.765. The van der Waals surface area contributed by atoms with Gasteiger partial charge in [0.2, 0.25) is 11.8 Å². The highest BCUT2D eigenvalue weighted by molar-refractivity contribution is 7.93. The predicted octanol–water partition coefficient (Wildman–Crippen LogP) is 2.95. The molecule has 2 rings (SSSR count). The molecule has 1 aliphatic rings. The second-order valence-corrected chi connectivity index (χ2v) is 10.4. The van der Waals surface area contributed by atoms with E-state index >= 15 is 0 Å². The van der Waals surface area contributed by atoms with Gasteiger partial charge in [0.15, 0.2) is 9.84 Å². The number of halogens is 3. The van der Waals surface area contributed by atoms with E-state index in [2.05, 4.69) is 10.5 Å². The number of aromatic nitrogens is 1. The summed E-state index contributed by atoms with van der Waals surface area (Å²) in [4.78, 5) is 12.5. The van der Waals surface area contributed by atoms with E-state index in [1.54, 1.807) is 0 Å². The minimum Gasteiger partial charge on any atom is -0.395 e. The summed E-state index contributed by atoms with van der Waals surface area (Å²) in [5.41, 5.74) is -0.0558. The van der Waals surface area contributed by atoms with Gasteiger partial charge in [-0.1, -0.05) is 18.0 Å². The molecule has 2 N–H and O–H groups in total. The SMILES string of the molecule is CC(C)(C(=O)Nc1cc(C2(CO)CCCC2)no1)S(=O)(=O)CCCC(F)(F)F. The van der Waals surface area contributed by atoms with Crippen LogP contribution in [0.25, 0.3) is 0 Å². The Labute approximate surface area is 161 Å². The van der Waals surface area contributed by atoms with Crippen LogP contribution in [0.2, 0.25) is 0 Å². The number of aliphatic hydroxyl groups excluding tert-OH is 1. The van der Waals surface area contributed by atoms with Crippen LogP contribution in [-0.2, 0) is 20.0 Å². The fourth-order valence-electron chi connectivity index (χ4n) is 3.25. The van der Waals surface area contributed by atoms with Gasteiger partial charge in [-0.25, -0.2) is 8.42 Å². The fourth-order valence-corrected chi connectivity index (χ4v) is 4.62. The molecule has 0 aromatic carbocycles. The second kappa shape index (κ2) is 8.02. The van der Waals surface area contributed by atoms with Crippen molar-refractivity contribution in [1.29, 1.82) is 0 Å². The lowest BCUT2D eigenvalue weighted by atomic mass is 9.84. The van der Waals surface area contributed by atoms with Gasteiger partial charge >= 0.3 is 6.18 Å². The molecule has 160 valence electrons. The molecule has 0 atom stereocenters. The van der Waals surface area contributed by atoms with E-state index in [0.29, 0.717) is 5.69 Å². The van der Waals surface area contributed by atoms with Crippen molar-refractivity contribution in [2.24, 2.45) is 0 Å². The van der Waals surface area contributed by atoms with Gasteiger partial charge in [-0.05, 0) is 33.1 Å². The lowest BCUT2D eigenvalue weighted by molar-refractivity contribution is -0.134. The molecule has 1 fully saturated rings. The molecule has 1 amide bonds. The first kappa shape index (κ1) is 22.7. The number of nitrogens with one attached hydrogen (secondary N) is 1. The number of rotatable bonds is 8. The van der Waals surface area contributed by atoms with Crippen LogP contribution in [-0.4, -0.2) is 47.9 Å². The maximum absolute atomic E-state index is 12.5. The van der Waals surface area contributed by atoms with Crippen LogP contribution in [0.1, 0.15) is 58.1 Å². The monoisotopic (exact) mass is 426 g/mol. The van der Waals surface area contributed by atoms with Crippen molar-refractivity contribution in [3.05, 3.63) is 11.8 Å². The van der Waals surface area contributed by atoms with Crippen LogP contribution >= 0.6 is 0 Å². The van der Waals surface area contributed by atoms with Gasteiger partial charge < -0.3 is 9.63 Å². The number of anilines is 1. The molecule has 0 radical (unpaired) electrons. The van der Waals surface area contributed by atoms with Crippen molar-refractivity contribution in [3.8, 4) is 0 Å². The molecule has 11 heteroatoms. The zero-order chi connectivity index (χ0) is 21.2. The smallest absolute Gasteiger partial charge is 0.389 e. The van der Waals surface area contributed by atoms with E-state index < -0.39 is 50.7 Å². The van der Waals surface area contributed by atoms with Crippen molar-refractivity contribution in [2.75, 3.05) is 17.7 Å². The first-order chi connectivity index (χ1) is 12.8. The summed E-state index contributed by atoms with van der Waals surface area (Å²) in [5, 5.41) is 15.9. The van der Waals surface area contributed by atoms with Crippen LogP contribution in [0.3, 0.4) is 0 Å². The zero-order valence-electron chi connectivity index (χ0n) is 15.8. The van der Waals surface area contributed by atoms with Crippen LogP contribution in [0.4, 0.5) is 19.1 Å². The van der Waals surface area contributed by atoms with E-state index in [0.717, 1.165) is 39.5 Å². The summed E-state index contributed by atoms with van der Waals surface area (Å²) in [5.74, 6) is -1.76. The van der Waals surface area contributed by atoms with Gasteiger partial charge in [-0.15, -0.1) is 0 Å². The summed E-state index contributed by atoms with van der Waals surface area (Å²) in [6, 6.07) is 1.45. The molecular formula is C17H25F3N2O5S. The molecular weight excluding hydrogens is 401 g/mol. The molecule has 28 heavy (non-hydrogen) atoms. The Bertz CT molecular complexity index is 796. The first-order valence-electron chi connectivity index (χ1n) is 9.02. The number of nitrogens with zero attached hydrogens (tertiary/aromatic N) is 1. The number of hydrogen-bond acceptors (Lipinski definition) is 6. The number of alkyl halides is 3. The summed E-state index contributed by atoms with van der Waals surface area (Å²) in [6.45, 7) is 2.15. The van der Waals surface area contributed by atoms with Crippen molar-refractivity contribution < 1.29 is 36.0 Å². The third kappa shape index (κ3) is 4.86. The standard InChI is InChI=1S/C17H25F3N2O5S/c1-15(2,28(25,26)9-5-8-17(18,19)20)14(24)21-13-10-12(22-27-13)16(11-23)6-3-4-7-16/h10,23H,3-9,11H2,1-2H3,(H,21,24). The molecule has 0 spiro atoms. The van der Waals surface area contributed by atoms with Gasteiger partial charge in [0.25, 0.3) is 0 Å². The third-order valence-corrected chi connectivity index (χ3v) is 7.92. The van der Waals surface area contributed by atoms with E-state index in [4.69, 9.17) is 4.52 Å². The highest BCUT2D eigenvalue weighted by Crippen LogP contribution is 2.40. The van der Waals surface area contributed by atoms with Gasteiger partial charge in [-0.3, -0.25) is 10.1 Å². The van der Waals surface area contributed by atoms with Gasteiger partial charge in [0.1, 0.15) is 4.75 Å². The van der Waals surface area contributed by atoms with Crippen LogP contribution in [0.15, 0.2) is 10.6 Å². The maximum atomic E-state index is 12.5. The quantitative estimate of drug-likeness (QED) is 0.661. The normalized spacial score (nSPS) is 17.6. The lowest BCUT2D eigenvalue weighted by Crippen LogP contribution is -2.45. The van der Waals surface area contributed by atoms with Crippen LogP contribution in [0, 0.1) is 0 Å². The molecule has 0 unspecified atom stereocenters. The van der Waals surface area contributed by atoms with Gasteiger partial charge in [0.05, 0.1) is 18.1 Å². The Hall–Kier alpha value is -1.62. The Morgan fingerprint density at radius 2 is 1.93 bits per heavy atom. The minimum atomic E-state index is -4.46. The number of aliphatic hydroxyl groups is 1. The summed E-state index contributed by atoms with van der Waals surface area (Å²) in [7, 11) is -4.14. The largest absolute Gasteiger partial charge is 0.395 e. The van der Waals surface area contributed by atoms with E-state index in [1.807, 2.05) is 0 Å². The molecule has 1 aliphatic carbocycles. The first-order valence-corrected chi connectivity index (χ1v) is 10.7. The molecule has 0 aliphatic heterocycles. The average molecular weight is 426 g/mol. The molecule has 7 nitrogen and oxygen atoms in total. The van der Waals surface area contributed by atoms with Crippen LogP contribution < -0.4 is 5.32 Å². The molecule has 1 saturated carbocycles. The third-order valence-electron chi connectivity index (χ3n) is 5.35. The lowest BCUT2D eigenvalue weighted by Gasteiger charge is -2.23. The maximum Gasteiger partial charge on any atom is 0.389 e. The number of sulfone groups is 1. The predicted molar refractivity (Wildman–Crippen MR) is 95.5 cm³/mol. The van der Waals surface area contributed by atoms with Gasteiger partial charge in [-0.2, -0.15) is 13.2 Å². The van der Waals surface area contributed by atoms with Crippen LogP contribution in [0.5, 0.6) is 0 Å². The summed E-state index contributed by atoms with van der Waals surface area (Å²) >= 11 is 0. The number of amides is 1. The Balaban J connectivity index is 2.07. The topological polar surface area (TPSA) is 110 Å². The molecule has 1 aromatic heterocycles. The number of carbonyl (C=O) groups is 1. The summed E-state index contributed by atoms with van der Waals surface area (Å²) < 4.78 is 64.6. The Morgan fingerprint density at radius 3 is 2.46 bits per heavy atom. The summed E-state index contributed by atoms with van der Waals surface area (Å²) in [6.07, 6.45) is -3.00. The van der Waals surface area contributed by atoms with Crippen molar-refractivity contribution in [1.82, 2.24) is 5.16 Å². The van der Waals surface area contributed by atoms with Gasteiger partial charge in [0, 0.05) is 17.9 Å². The minimum absolute atomic E-state index is 0.0710. The van der Waals surface area contributed by atoms with Crippen molar-refractivity contribution in [3.63, 3.8) is 0 Å². The van der Waals surface area contributed by atoms with E-state index in [9.17, 15) is 31.5 Å². The Morgan fingerprint density at radius 1 is 1.32 bits per heavy atom. The van der Waals surface area contributed by atoms with Crippen molar-refractivity contribution in [2.45, 2.75) is 68.7 Å². The number of carbonyl (C=O) groups excluding carboxylic acids is 1. The average Bonchev–Trinajstić information content (AvgIpc) is 3.22. The molecule has 1 aromatic rings. The molecule has 1 heterocycles. The van der Waals surface area contributed by atoms with Crippen molar-refractivity contribution >= 4 is 21.6 Å². The highest BCUT2D eigenvalue weighted by atomic mass is 32.2. The highest BCUT2D eigenvalue weighted by Gasteiger charge is 2.43.